The number of benzene rings is 2. The molecule has 0 spiro atoms. The topological polar surface area (TPSA) is 94.2 Å². The smallest absolute Gasteiger partial charge is 0.260 e. The molecule has 8 nitrogen and oxygen atoms in total. The van der Waals surface area contributed by atoms with Crippen molar-refractivity contribution < 1.29 is 27.4 Å². The van der Waals surface area contributed by atoms with Crippen molar-refractivity contribution in [3.05, 3.63) is 48.5 Å². The number of hydrogen-bond donors (Lipinski definition) is 1. The van der Waals surface area contributed by atoms with Crippen molar-refractivity contribution in [2.45, 2.75) is 13.0 Å². The first-order valence-electron chi connectivity index (χ1n) is 8.96. The average molecular weight is 423 g/mol. The summed E-state index contributed by atoms with van der Waals surface area (Å²) in [6.07, 6.45) is 0.404. The van der Waals surface area contributed by atoms with Gasteiger partial charge in [0.05, 0.1) is 25.6 Å². The second kappa shape index (κ2) is 10.0. The van der Waals surface area contributed by atoms with Crippen molar-refractivity contribution in [2.24, 2.45) is 0 Å². The van der Waals surface area contributed by atoms with E-state index < -0.39 is 16.1 Å². The lowest BCUT2D eigenvalue weighted by Crippen LogP contribution is -2.38. The van der Waals surface area contributed by atoms with Gasteiger partial charge in [-0.3, -0.25) is 9.10 Å². The number of carbonyl (C=O) groups excluding carboxylic acids is 1. The zero-order valence-corrected chi connectivity index (χ0v) is 17.7. The molecule has 0 aliphatic heterocycles. The number of para-hydroxylation sites is 2. The Morgan fingerprint density at radius 2 is 1.72 bits per heavy atom. The van der Waals surface area contributed by atoms with Gasteiger partial charge >= 0.3 is 0 Å². The maximum Gasteiger partial charge on any atom is 0.260 e. The number of carbonyl (C=O) groups is 1. The minimum absolute atomic E-state index is 0.283. The molecule has 1 atom stereocenters. The van der Waals surface area contributed by atoms with Gasteiger partial charge < -0.3 is 19.5 Å². The number of sulfonamides is 1. The lowest BCUT2D eigenvalue weighted by Gasteiger charge is -2.18. The molecule has 0 aliphatic rings. The van der Waals surface area contributed by atoms with E-state index in [9.17, 15) is 13.2 Å². The van der Waals surface area contributed by atoms with Crippen LogP contribution in [0.4, 0.5) is 5.69 Å². The highest BCUT2D eigenvalue weighted by atomic mass is 32.2. The normalized spacial score (nSPS) is 12.0. The molecule has 1 N–H and O–H groups in total. The maximum atomic E-state index is 12.2. The van der Waals surface area contributed by atoms with Gasteiger partial charge in [0.25, 0.3) is 5.91 Å². The predicted molar refractivity (Wildman–Crippen MR) is 111 cm³/mol. The molecule has 0 aromatic heterocycles. The Kier molecular flexibility index (Phi) is 7.72. The molecule has 0 radical (unpaired) electrons. The minimum Gasteiger partial charge on any atom is -0.493 e. The molecule has 0 bridgehead atoms. The zero-order chi connectivity index (χ0) is 21.4. The summed E-state index contributed by atoms with van der Waals surface area (Å²) in [6.45, 7) is 2.22. The lowest BCUT2D eigenvalue weighted by atomic mass is 10.3. The van der Waals surface area contributed by atoms with Gasteiger partial charge in [-0.25, -0.2) is 8.42 Å². The molecule has 0 heterocycles. The monoisotopic (exact) mass is 422 g/mol. The van der Waals surface area contributed by atoms with Crippen LogP contribution in [0.3, 0.4) is 0 Å². The molecule has 0 fully saturated rings. The molecule has 1 amide bonds. The number of ether oxygens (including phenoxy) is 3. The number of anilines is 1. The Hall–Kier alpha value is -2.94. The molecule has 29 heavy (non-hydrogen) atoms. The van der Waals surface area contributed by atoms with Gasteiger partial charge in [0, 0.05) is 7.05 Å². The summed E-state index contributed by atoms with van der Waals surface area (Å²) in [4.78, 5) is 12.2. The summed E-state index contributed by atoms with van der Waals surface area (Å²) in [5.74, 6) is 1.41. The van der Waals surface area contributed by atoms with Gasteiger partial charge in [-0.1, -0.05) is 12.1 Å². The van der Waals surface area contributed by atoms with Gasteiger partial charge in [0.2, 0.25) is 10.0 Å². The quantitative estimate of drug-likeness (QED) is 0.589. The third-order valence-electron chi connectivity index (χ3n) is 4.11. The Bertz CT molecular complexity index is 915. The van der Waals surface area contributed by atoms with Crippen molar-refractivity contribution in [1.29, 1.82) is 0 Å². The number of amides is 1. The van der Waals surface area contributed by atoms with E-state index in [-0.39, 0.29) is 12.5 Å². The first kappa shape index (κ1) is 22.4. The highest BCUT2D eigenvalue weighted by Gasteiger charge is 2.16. The zero-order valence-electron chi connectivity index (χ0n) is 16.9. The Morgan fingerprint density at radius 1 is 1.10 bits per heavy atom. The second-order valence-electron chi connectivity index (χ2n) is 6.27. The molecule has 0 saturated carbocycles. The summed E-state index contributed by atoms with van der Waals surface area (Å²) in [5, 5.41) is 2.74. The Labute approximate surface area is 171 Å². The molecule has 2 aromatic rings. The molecular formula is C20H26N2O6S. The van der Waals surface area contributed by atoms with Crippen LogP contribution in [-0.4, -0.2) is 54.0 Å². The number of hydrogen-bond acceptors (Lipinski definition) is 6. The SMILES string of the molecule is COc1ccccc1OCCNC(=O)[C@H](C)Oc1ccc(N(C)S(C)(=O)=O)cc1. The van der Waals surface area contributed by atoms with Gasteiger partial charge in [0.15, 0.2) is 17.6 Å². The van der Waals surface area contributed by atoms with Crippen molar-refractivity contribution >= 4 is 21.6 Å². The largest absolute Gasteiger partial charge is 0.493 e. The van der Waals surface area contributed by atoms with Crippen LogP contribution in [0.15, 0.2) is 48.5 Å². The van der Waals surface area contributed by atoms with Crippen LogP contribution in [0.5, 0.6) is 17.2 Å². The third kappa shape index (κ3) is 6.56. The van der Waals surface area contributed by atoms with Crippen molar-refractivity contribution in [1.82, 2.24) is 5.32 Å². The fourth-order valence-electron chi connectivity index (χ4n) is 2.40. The van der Waals surface area contributed by atoms with E-state index >= 15 is 0 Å². The van der Waals surface area contributed by atoms with E-state index in [0.29, 0.717) is 29.5 Å². The number of methoxy groups -OCH3 is 1. The van der Waals surface area contributed by atoms with Crippen LogP contribution in [0.1, 0.15) is 6.92 Å². The molecule has 158 valence electrons. The van der Waals surface area contributed by atoms with Gasteiger partial charge in [-0.15, -0.1) is 0 Å². The maximum absolute atomic E-state index is 12.2. The van der Waals surface area contributed by atoms with E-state index in [4.69, 9.17) is 14.2 Å². The van der Waals surface area contributed by atoms with Crippen LogP contribution in [-0.2, 0) is 14.8 Å². The molecule has 0 aliphatic carbocycles. The molecule has 2 rings (SSSR count). The second-order valence-corrected chi connectivity index (χ2v) is 8.29. The molecular weight excluding hydrogens is 396 g/mol. The van der Waals surface area contributed by atoms with Gasteiger partial charge in [-0.2, -0.15) is 0 Å². The highest BCUT2D eigenvalue weighted by molar-refractivity contribution is 7.92. The fourth-order valence-corrected chi connectivity index (χ4v) is 2.91. The fraction of sp³-hybridized carbons (Fsp3) is 0.350. The van der Waals surface area contributed by atoms with Crippen molar-refractivity contribution in [3.8, 4) is 17.2 Å². The van der Waals surface area contributed by atoms with Crippen LogP contribution < -0.4 is 23.8 Å². The van der Waals surface area contributed by atoms with E-state index in [1.807, 2.05) is 12.1 Å². The summed E-state index contributed by atoms with van der Waals surface area (Å²) in [6, 6.07) is 13.7. The molecule has 0 unspecified atom stereocenters. The summed E-state index contributed by atoms with van der Waals surface area (Å²) < 4.78 is 40.7. The van der Waals surface area contributed by atoms with Gasteiger partial charge in [-0.05, 0) is 43.3 Å². The molecule has 9 heteroatoms. The minimum atomic E-state index is -3.33. The first-order chi connectivity index (χ1) is 13.7. The van der Waals surface area contributed by atoms with Crippen LogP contribution in [0.25, 0.3) is 0 Å². The van der Waals surface area contributed by atoms with Crippen LogP contribution >= 0.6 is 0 Å². The Morgan fingerprint density at radius 3 is 2.31 bits per heavy atom. The summed E-state index contributed by atoms with van der Waals surface area (Å²) >= 11 is 0. The van der Waals surface area contributed by atoms with E-state index in [1.165, 1.54) is 7.05 Å². The summed E-state index contributed by atoms with van der Waals surface area (Å²) in [5.41, 5.74) is 0.505. The standard InChI is InChI=1S/C20H26N2O6S/c1-15(28-17-11-9-16(10-12-17)22(2)29(4,24)25)20(23)21-13-14-27-19-8-6-5-7-18(19)26-3/h5-12,15H,13-14H2,1-4H3,(H,21,23)/t15-/m0/s1. The van der Waals surface area contributed by atoms with Crippen molar-refractivity contribution in [2.75, 3.05) is 37.9 Å². The number of nitrogens with zero attached hydrogens (tertiary/aromatic N) is 1. The van der Waals surface area contributed by atoms with E-state index in [0.717, 1.165) is 10.6 Å². The first-order valence-corrected chi connectivity index (χ1v) is 10.8. The molecule has 0 saturated heterocycles. The molecule has 2 aromatic carbocycles. The van der Waals surface area contributed by atoms with Crippen LogP contribution in [0, 0.1) is 0 Å². The predicted octanol–water partition coefficient (Wildman–Crippen LogP) is 2.05. The number of nitrogens with one attached hydrogen (secondary N) is 1. The summed E-state index contributed by atoms with van der Waals surface area (Å²) in [7, 11) is -0.303. The lowest BCUT2D eigenvalue weighted by molar-refractivity contribution is -0.127. The van der Waals surface area contributed by atoms with Crippen molar-refractivity contribution in [3.63, 3.8) is 0 Å². The van der Waals surface area contributed by atoms with E-state index in [1.54, 1.807) is 50.4 Å². The Balaban J connectivity index is 1.80. The van der Waals surface area contributed by atoms with E-state index in [2.05, 4.69) is 5.32 Å². The highest BCUT2D eigenvalue weighted by Crippen LogP contribution is 2.25. The van der Waals surface area contributed by atoms with Gasteiger partial charge in [0.1, 0.15) is 12.4 Å². The van der Waals surface area contributed by atoms with Crippen LogP contribution in [0.2, 0.25) is 0 Å². The third-order valence-corrected chi connectivity index (χ3v) is 5.31. The average Bonchev–Trinajstić information content (AvgIpc) is 2.70. The number of rotatable bonds is 10.